The number of halogens is 3. The summed E-state index contributed by atoms with van der Waals surface area (Å²) in [5.74, 6) is 0.932. The molecule has 0 aliphatic carbocycles. The van der Waals surface area contributed by atoms with Gasteiger partial charge >= 0.3 is 12.2 Å². The molecule has 1 fully saturated rings. The Morgan fingerprint density at radius 2 is 1.64 bits per heavy atom. The number of rotatable bonds is 3. The van der Waals surface area contributed by atoms with Gasteiger partial charge in [-0.15, -0.1) is 0 Å². The SMILES string of the molecule is Cc1nc(-c2cccc(C(F)(F)F)c2)nc(N2CCN(C(=O)Nc3ccccc3)CC2)c1C. The molecule has 1 saturated heterocycles. The number of hydrogen-bond acceptors (Lipinski definition) is 4. The van der Waals surface area contributed by atoms with E-state index in [4.69, 9.17) is 0 Å². The maximum atomic E-state index is 13.2. The highest BCUT2D eigenvalue weighted by molar-refractivity contribution is 5.89. The van der Waals surface area contributed by atoms with Crippen molar-refractivity contribution in [2.24, 2.45) is 0 Å². The lowest BCUT2D eigenvalue weighted by Crippen LogP contribution is -2.50. The van der Waals surface area contributed by atoms with Crippen molar-refractivity contribution in [1.82, 2.24) is 14.9 Å². The summed E-state index contributed by atoms with van der Waals surface area (Å²) in [6.45, 7) is 5.83. The van der Waals surface area contributed by atoms with Gasteiger partial charge in [-0.25, -0.2) is 14.8 Å². The molecule has 33 heavy (non-hydrogen) atoms. The van der Waals surface area contributed by atoms with Gasteiger partial charge in [0.15, 0.2) is 5.82 Å². The number of nitrogens with one attached hydrogen (secondary N) is 1. The molecule has 1 aliphatic heterocycles. The zero-order valence-electron chi connectivity index (χ0n) is 18.4. The first-order chi connectivity index (χ1) is 15.7. The lowest BCUT2D eigenvalue weighted by Gasteiger charge is -2.36. The van der Waals surface area contributed by atoms with E-state index < -0.39 is 11.7 Å². The van der Waals surface area contributed by atoms with Crippen LogP contribution in [-0.4, -0.2) is 47.1 Å². The van der Waals surface area contributed by atoms with Gasteiger partial charge in [0, 0.05) is 48.7 Å². The first-order valence-electron chi connectivity index (χ1n) is 10.6. The standard InChI is InChI=1S/C24H24F3N5O/c1-16-17(2)28-21(18-7-6-8-19(15-18)24(25,26)27)30-22(16)31-11-13-32(14-12-31)23(33)29-20-9-4-3-5-10-20/h3-10,15H,11-14H2,1-2H3,(H,29,33). The summed E-state index contributed by atoms with van der Waals surface area (Å²) in [5.41, 5.74) is 1.89. The smallest absolute Gasteiger partial charge is 0.353 e. The minimum Gasteiger partial charge on any atom is -0.353 e. The summed E-state index contributed by atoms with van der Waals surface area (Å²) in [6, 6.07) is 14.1. The van der Waals surface area contributed by atoms with Gasteiger partial charge in [-0.05, 0) is 38.1 Å². The van der Waals surface area contributed by atoms with Crippen molar-refractivity contribution < 1.29 is 18.0 Å². The van der Waals surface area contributed by atoms with Gasteiger partial charge in [-0.1, -0.05) is 30.3 Å². The number of carbonyl (C=O) groups excluding carboxylic acids is 1. The highest BCUT2D eigenvalue weighted by atomic mass is 19.4. The molecule has 6 nitrogen and oxygen atoms in total. The van der Waals surface area contributed by atoms with Crippen LogP contribution >= 0.6 is 0 Å². The third-order valence-corrected chi connectivity index (χ3v) is 5.70. The predicted molar refractivity (Wildman–Crippen MR) is 121 cm³/mol. The summed E-state index contributed by atoms with van der Waals surface area (Å²) < 4.78 is 39.5. The van der Waals surface area contributed by atoms with Gasteiger partial charge in [0.2, 0.25) is 0 Å². The van der Waals surface area contributed by atoms with Crippen LogP contribution < -0.4 is 10.2 Å². The summed E-state index contributed by atoms with van der Waals surface area (Å²) in [5, 5.41) is 2.89. The van der Waals surface area contributed by atoms with Gasteiger partial charge in [0.05, 0.1) is 5.56 Å². The number of benzene rings is 2. The largest absolute Gasteiger partial charge is 0.416 e. The Bertz CT molecular complexity index is 1140. The molecular weight excluding hydrogens is 431 g/mol. The van der Waals surface area contributed by atoms with E-state index in [1.807, 2.05) is 49.1 Å². The van der Waals surface area contributed by atoms with Crippen LogP contribution in [0.2, 0.25) is 0 Å². The van der Waals surface area contributed by atoms with Crippen LogP contribution in [0.1, 0.15) is 16.8 Å². The van der Waals surface area contributed by atoms with Crippen molar-refractivity contribution in [1.29, 1.82) is 0 Å². The second-order valence-corrected chi connectivity index (χ2v) is 7.93. The zero-order valence-corrected chi connectivity index (χ0v) is 18.4. The molecule has 172 valence electrons. The van der Waals surface area contributed by atoms with Gasteiger partial charge in [-0.3, -0.25) is 0 Å². The number of urea groups is 1. The van der Waals surface area contributed by atoms with E-state index in [2.05, 4.69) is 15.3 Å². The average molecular weight is 455 g/mol. The van der Waals surface area contributed by atoms with Crippen molar-refractivity contribution in [3.05, 3.63) is 71.4 Å². The highest BCUT2D eigenvalue weighted by Gasteiger charge is 2.31. The molecule has 1 aromatic heterocycles. The molecular formula is C24H24F3N5O. The van der Waals surface area contributed by atoms with Crippen molar-refractivity contribution in [3.63, 3.8) is 0 Å². The predicted octanol–water partition coefficient (Wildman–Crippen LogP) is 5.13. The van der Waals surface area contributed by atoms with Crippen LogP contribution in [0, 0.1) is 13.8 Å². The van der Waals surface area contributed by atoms with Crippen molar-refractivity contribution in [2.45, 2.75) is 20.0 Å². The number of piperazine rings is 1. The van der Waals surface area contributed by atoms with Gasteiger partial charge in [-0.2, -0.15) is 13.2 Å². The first kappa shape index (κ1) is 22.6. The van der Waals surface area contributed by atoms with Crippen molar-refractivity contribution in [3.8, 4) is 11.4 Å². The van der Waals surface area contributed by atoms with Crippen LogP contribution in [0.4, 0.5) is 29.5 Å². The van der Waals surface area contributed by atoms with E-state index in [0.29, 0.717) is 43.3 Å². The molecule has 2 aromatic carbocycles. The topological polar surface area (TPSA) is 61.4 Å². The summed E-state index contributed by atoms with van der Waals surface area (Å²) in [4.78, 5) is 25.4. The molecule has 3 aromatic rings. The third kappa shape index (κ3) is 5.08. The Morgan fingerprint density at radius 3 is 2.30 bits per heavy atom. The molecule has 2 amide bonds. The Morgan fingerprint density at radius 1 is 0.939 bits per heavy atom. The monoisotopic (exact) mass is 455 g/mol. The summed E-state index contributed by atoms with van der Waals surface area (Å²) in [7, 11) is 0. The van der Waals surface area contributed by atoms with E-state index in [1.54, 1.807) is 11.0 Å². The Balaban J connectivity index is 1.51. The minimum atomic E-state index is -4.44. The lowest BCUT2D eigenvalue weighted by molar-refractivity contribution is -0.137. The molecule has 1 aliphatic rings. The van der Waals surface area contributed by atoms with Crippen LogP contribution in [0.15, 0.2) is 54.6 Å². The van der Waals surface area contributed by atoms with Crippen LogP contribution in [-0.2, 0) is 6.18 Å². The lowest BCUT2D eigenvalue weighted by atomic mass is 10.1. The number of aromatic nitrogens is 2. The zero-order chi connectivity index (χ0) is 23.6. The molecule has 2 heterocycles. The molecule has 0 saturated carbocycles. The Kier molecular flexibility index (Phi) is 6.22. The molecule has 0 spiro atoms. The van der Waals surface area contributed by atoms with E-state index in [-0.39, 0.29) is 11.9 Å². The molecule has 0 radical (unpaired) electrons. The van der Waals surface area contributed by atoms with Crippen LogP contribution in [0.5, 0.6) is 0 Å². The van der Waals surface area contributed by atoms with E-state index in [0.717, 1.165) is 23.4 Å². The maximum absolute atomic E-state index is 13.2. The number of hydrogen-bond donors (Lipinski definition) is 1. The molecule has 1 N–H and O–H groups in total. The fraction of sp³-hybridized carbons (Fsp3) is 0.292. The first-order valence-corrected chi connectivity index (χ1v) is 10.6. The fourth-order valence-electron chi connectivity index (χ4n) is 3.73. The van der Waals surface area contributed by atoms with Crippen molar-refractivity contribution >= 4 is 17.5 Å². The molecule has 9 heteroatoms. The number of carbonyl (C=O) groups is 1. The van der Waals surface area contributed by atoms with Crippen LogP contribution in [0.3, 0.4) is 0 Å². The van der Waals surface area contributed by atoms with E-state index in [1.165, 1.54) is 6.07 Å². The fourth-order valence-corrected chi connectivity index (χ4v) is 3.73. The second kappa shape index (κ2) is 9.09. The van der Waals surface area contributed by atoms with Crippen LogP contribution in [0.25, 0.3) is 11.4 Å². The van der Waals surface area contributed by atoms with Gasteiger partial charge < -0.3 is 15.1 Å². The number of para-hydroxylation sites is 1. The van der Waals surface area contributed by atoms with Gasteiger partial charge in [0.1, 0.15) is 5.82 Å². The Hall–Kier alpha value is -3.62. The second-order valence-electron chi connectivity index (χ2n) is 7.93. The molecule has 0 atom stereocenters. The quantitative estimate of drug-likeness (QED) is 0.595. The number of alkyl halides is 3. The molecule has 0 unspecified atom stereocenters. The number of amides is 2. The molecule has 0 bridgehead atoms. The maximum Gasteiger partial charge on any atom is 0.416 e. The molecule has 4 rings (SSSR count). The highest BCUT2D eigenvalue weighted by Crippen LogP contribution is 2.32. The minimum absolute atomic E-state index is 0.166. The normalized spacial score (nSPS) is 14.3. The summed E-state index contributed by atoms with van der Waals surface area (Å²) >= 11 is 0. The number of aryl methyl sites for hydroxylation is 1. The summed E-state index contributed by atoms with van der Waals surface area (Å²) in [6.07, 6.45) is -4.44. The average Bonchev–Trinajstić information content (AvgIpc) is 2.81. The van der Waals surface area contributed by atoms with Crippen molar-refractivity contribution in [2.75, 3.05) is 36.4 Å². The third-order valence-electron chi connectivity index (χ3n) is 5.70. The van der Waals surface area contributed by atoms with Gasteiger partial charge in [0.25, 0.3) is 0 Å². The Labute approximate surface area is 190 Å². The number of nitrogens with zero attached hydrogens (tertiary/aromatic N) is 4. The number of anilines is 2. The van der Waals surface area contributed by atoms with E-state index in [9.17, 15) is 18.0 Å². The van der Waals surface area contributed by atoms with E-state index >= 15 is 0 Å².